The van der Waals surface area contributed by atoms with Crippen molar-refractivity contribution in [2.45, 2.75) is 0 Å². The molecule has 3 heterocycles. The van der Waals surface area contributed by atoms with E-state index in [2.05, 4.69) is 169 Å². The van der Waals surface area contributed by atoms with Gasteiger partial charge >= 0.3 is 0 Å². The number of hydrogen-bond donors (Lipinski definition) is 0. The highest BCUT2D eigenvalue weighted by Gasteiger charge is 2.22. The van der Waals surface area contributed by atoms with E-state index in [-0.39, 0.29) is 0 Å². The van der Waals surface area contributed by atoms with E-state index in [0.29, 0.717) is 0 Å². The van der Waals surface area contributed by atoms with Crippen molar-refractivity contribution in [1.29, 1.82) is 0 Å². The lowest BCUT2D eigenvalue weighted by atomic mass is 9.96. The fraction of sp³-hybridized carbons (Fsp3) is 0. The van der Waals surface area contributed by atoms with E-state index < -0.39 is 0 Å². The van der Waals surface area contributed by atoms with E-state index in [0.717, 1.165) is 77.6 Å². The average Bonchev–Trinajstić information content (AvgIpc) is 3.90. The molecular weight excluding hydrogens is 655 g/mol. The van der Waals surface area contributed by atoms with Crippen LogP contribution in [0.1, 0.15) is 0 Å². The van der Waals surface area contributed by atoms with Gasteiger partial charge in [0, 0.05) is 58.7 Å². The molecule has 0 amide bonds. The van der Waals surface area contributed by atoms with Gasteiger partial charge in [0.25, 0.3) is 0 Å². The number of thiophene rings is 1. The minimum Gasteiger partial charge on any atom is -0.455 e. The molecule has 0 bridgehead atoms. The molecule has 0 aliphatic carbocycles. The third-order valence-corrected chi connectivity index (χ3v) is 11.4. The van der Waals surface area contributed by atoms with Crippen molar-refractivity contribution in [3.05, 3.63) is 176 Å². The van der Waals surface area contributed by atoms with E-state index >= 15 is 0 Å². The van der Waals surface area contributed by atoms with Crippen LogP contribution in [0, 0.1) is 0 Å². The number of rotatable bonds is 5. The molecule has 3 aromatic heterocycles. The topological polar surface area (TPSA) is 29.5 Å². The first-order valence-electron chi connectivity index (χ1n) is 17.5. The average molecular weight is 684 g/mol. The Morgan fingerprint density at radius 2 is 1.00 bits per heavy atom. The molecule has 8 aromatic carbocycles. The third-order valence-electron chi connectivity index (χ3n) is 10.3. The summed E-state index contributed by atoms with van der Waals surface area (Å²) in [6.45, 7) is 0. The Bertz CT molecular complexity index is 3090. The quantitative estimate of drug-likeness (QED) is 0.181. The smallest absolute Gasteiger partial charge is 0.159 e. The maximum atomic E-state index is 6.67. The van der Waals surface area contributed by atoms with Gasteiger partial charge in [-0.25, -0.2) is 0 Å². The Morgan fingerprint density at radius 1 is 0.385 bits per heavy atom. The zero-order chi connectivity index (χ0) is 34.2. The summed E-state index contributed by atoms with van der Waals surface area (Å²) in [6.07, 6.45) is 0. The maximum Gasteiger partial charge on any atom is 0.159 e. The van der Waals surface area contributed by atoms with Crippen molar-refractivity contribution in [2.24, 2.45) is 0 Å². The number of furan rings is 2. The zero-order valence-corrected chi connectivity index (χ0v) is 28.7. The second-order valence-corrected chi connectivity index (χ2v) is 14.3. The molecule has 0 aliphatic heterocycles. The predicted molar refractivity (Wildman–Crippen MR) is 219 cm³/mol. The maximum absolute atomic E-state index is 6.67. The molecule has 0 fully saturated rings. The molecule has 11 rings (SSSR count). The van der Waals surface area contributed by atoms with Gasteiger partial charge in [0.2, 0.25) is 0 Å². The van der Waals surface area contributed by atoms with E-state index in [1.807, 2.05) is 23.5 Å². The van der Waals surface area contributed by atoms with E-state index in [4.69, 9.17) is 8.83 Å². The van der Waals surface area contributed by atoms with Gasteiger partial charge < -0.3 is 13.7 Å². The lowest BCUT2D eigenvalue weighted by Gasteiger charge is -2.26. The SMILES string of the molecule is c1ccc(N(c2ccccc2)c2cc(-c3ccc4c(c3)sc3cccc(-c5cccc6c5oc5ccccc56)c34)cc3c2oc2ccccc23)cc1. The zero-order valence-electron chi connectivity index (χ0n) is 27.9. The monoisotopic (exact) mass is 683 g/mol. The molecule has 0 N–H and O–H groups in total. The Hall–Kier alpha value is -6.62. The molecule has 52 heavy (non-hydrogen) atoms. The molecule has 3 nitrogen and oxygen atoms in total. The van der Waals surface area contributed by atoms with Crippen molar-refractivity contribution < 1.29 is 8.83 Å². The molecule has 4 heteroatoms. The van der Waals surface area contributed by atoms with E-state index in [1.54, 1.807) is 0 Å². The highest BCUT2D eigenvalue weighted by Crippen LogP contribution is 2.47. The number of nitrogens with zero attached hydrogens (tertiary/aromatic N) is 1. The lowest BCUT2D eigenvalue weighted by Crippen LogP contribution is -2.10. The van der Waals surface area contributed by atoms with Crippen molar-refractivity contribution in [3.63, 3.8) is 0 Å². The van der Waals surface area contributed by atoms with Crippen LogP contribution in [-0.4, -0.2) is 0 Å². The number of para-hydroxylation sites is 5. The highest BCUT2D eigenvalue weighted by atomic mass is 32.1. The third kappa shape index (κ3) is 4.45. The Labute approximate surface area is 303 Å². The first-order valence-corrected chi connectivity index (χ1v) is 18.3. The summed E-state index contributed by atoms with van der Waals surface area (Å²) >= 11 is 1.84. The number of anilines is 3. The van der Waals surface area contributed by atoms with Crippen LogP contribution in [0.5, 0.6) is 0 Å². The predicted octanol–water partition coefficient (Wildman–Crippen LogP) is 14.7. The van der Waals surface area contributed by atoms with Gasteiger partial charge in [-0.05, 0) is 77.4 Å². The second kappa shape index (κ2) is 11.5. The summed E-state index contributed by atoms with van der Waals surface area (Å²) in [6, 6.07) is 62.4. The summed E-state index contributed by atoms with van der Waals surface area (Å²) in [4.78, 5) is 2.30. The van der Waals surface area contributed by atoms with E-state index in [1.165, 1.54) is 25.7 Å². The van der Waals surface area contributed by atoms with Gasteiger partial charge in [0.05, 0.1) is 5.69 Å². The summed E-state index contributed by atoms with van der Waals surface area (Å²) in [5.74, 6) is 0. The van der Waals surface area contributed by atoms with Crippen molar-refractivity contribution in [3.8, 4) is 22.3 Å². The fourth-order valence-electron chi connectivity index (χ4n) is 7.91. The van der Waals surface area contributed by atoms with Crippen LogP contribution in [0.25, 0.3) is 86.3 Å². The largest absolute Gasteiger partial charge is 0.455 e. The molecule has 0 aliphatic rings. The van der Waals surface area contributed by atoms with Crippen LogP contribution in [0.15, 0.2) is 185 Å². The van der Waals surface area contributed by atoms with Gasteiger partial charge in [-0.3, -0.25) is 0 Å². The van der Waals surface area contributed by atoms with Crippen LogP contribution >= 0.6 is 11.3 Å². The summed E-state index contributed by atoms with van der Waals surface area (Å²) in [5.41, 5.74) is 11.3. The van der Waals surface area contributed by atoms with Crippen LogP contribution in [-0.2, 0) is 0 Å². The number of fused-ring (bicyclic) bond motifs is 9. The summed E-state index contributed by atoms with van der Waals surface area (Å²) < 4.78 is 15.7. The highest BCUT2D eigenvalue weighted by molar-refractivity contribution is 7.26. The first kappa shape index (κ1) is 29.1. The summed E-state index contributed by atoms with van der Waals surface area (Å²) in [5, 5.41) is 7.00. The van der Waals surface area contributed by atoms with Crippen LogP contribution < -0.4 is 4.90 Å². The summed E-state index contributed by atoms with van der Waals surface area (Å²) in [7, 11) is 0. The van der Waals surface area contributed by atoms with Gasteiger partial charge in [0.1, 0.15) is 16.7 Å². The molecule has 0 saturated carbocycles. The lowest BCUT2D eigenvalue weighted by molar-refractivity contribution is 0.669. The van der Waals surface area contributed by atoms with Crippen LogP contribution in [0.4, 0.5) is 17.1 Å². The van der Waals surface area contributed by atoms with Crippen molar-refractivity contribution in [2.75, 3.05) is 4.90 Å². The fourth-order valence-corrected chi connectivity index (χ4v) is 9.08. The Morgan fingerprint density at radius 3 is 1.75 bits per heavy atom. The second-order valence-electron chi connectivity index (χ2n) is 13.2. The molecule has 0 saturated heterocycles. The van der Waals surface area contributed by atoms with Crippen LogP contribution in [0.3, 0.4) is 0 Å². The molecular formula is C48H29NO2S. The minimum absolute atomic E-state index is 0.866. The molecule has 0 radical (unpaired) electrons. The number of hydrogen-bond acceptors (Lipinski definition) is 4. The van der Waals surface area contributed by atoms with Crippen molar-refractivity contribution in [1.82, 2.24) is 0 Å². The molecule has 244 valence electrons. The molecule has 11 aromatic rings. The van der Waals surface area contributed by atoms with E-state index in [9.17, 15) is 0 Å². The van der Waals surface area contributed by atoms with Gasteiger partial charge in [0.15, 0.2) is 5.58 Å². The van der Waals surface area contributed by atoms with Crippen molar-refractivity contribution >= 4 is 92.4 Å². The Balaban J connectivity index is 1.13. The van der Waals surface area contributed by atoms with Gasteiger partial charge in [-0.2, -0.15) is 0 Å². The standard InChI is InChI=1S/C48H29NO2S/c1-3-13-32(14-4-1)49(33-15-5-2-6-16-33)41-28-31(27-40-35-18-8-10-23-43(35)51-48(40)41)30-25-26-39-45(29-30)52-44-24-12-19-36(46(39)44)38-21-11-20-37-34-17-7-9-22-42(34)50-47(37)38/h1-29H. The van der Waals surface area contributed by atoms with Gasteiger partial charge in [-0.15, -0.1) is 11.3 Å². The normalized spacial score (nSPS) is 11.8. The minimum atomic E-state index is 0.866. The molecule has 0 unspecified atom stereocenters. The van der Waals surface area contributed by atoms with Gasteiger partial charge in [-0.1, -0.05) is 115 Å². The van der Waals surface area contributed by atoms with Crippen LogP contribution in [0.2, 0.25) is 0 Å². The first-order chi connectivity index (χ1) is 25.8. The Kier molecular flexibility index (Phi) is 6.42. The molecule has 0 spiro atoms. The molecule has 0 atom stereocenters. The number of benzene rings is 8.